The summed E-state index contributed by atoms with van der Waals surface area (Å²) < 4.78 is 31.1. The predicted molar refractivity (Wildman–Crippen MR) is 66.4 cm³/mol. The van der Waals surface area contributed by atoms with E-state index in [1.807, 2.05) is 13.8 Å². The molecule has 1 unspecified atom stereocenters. The van der Waals surface area contributed by atoms with E-state index >= 15 is 0 Å². The first-order valence-corrected chi connectivity index (χ1v) is 6.51. The summed E-state index contributed by atoms with van der Waals surface area (Å²) in [5.74, 6) is -0.421. The first-order valence-electron chi connectivity index (χ1n) is 5.30. The maximum atomic E-state index is 13.8. The maximum absolute atomic E-state index is 13.8. The van der Waals surface area contributed by atoms with Crippen LogP contribution in [0.4, 0.5) is 4.39 Å². The smallest absolute Gasteiger partial charge is 0.171 e. The highest BCUT2D eigenvalue weighted by Crippen LogP contribution is 2.34. The molecular formula is C12H14FNO2S. The van der Waals surface area contributed by atoms with Crippen molar-refractivity contribution in [2.45, 2.75) is 24.0 Å². The van der Waals surface area contributed by atoms with Crippen molar-refractivity contribution >= 4 is 21.7 Å². The van der Waals surface area contributed by atoms with Crippen LogP contribution in [0.5, 0.6) is 5.75 Å². The second-order valence-corrected chi connectivity index (χ2v) is 5.95. The van der Waals surface area contributed by atoms with Gasteiger partial charge in [0.1, 0.15) is 0 Å². The monoisotopic (exact) mass is 255 g/mol. The quantitative estimate of drug-likeness (QED) is 0.916. The third-order valence-electron chi connectivity index (χ3n) is 2.55. The van der Waals surface area contributed by atoms with Gasteiger partial charge in [-0.2, -0.15) is 0 Å². The Morgan fingerprint density at radius 1 is 1.47 bits per heavy atom. The number of rotatable bonds is 3. The fourth-order valence-corrected chi connectivity index (χ4v) is 2.98. The molecule has 0 radical (unpaired) electrons. The third-order valence-corrected chi connectivity index (χ3v) is 4.22. The lowest BCUT2D eigenvalue weighted by molar-refractivity contribution is 0.377. The van der Waals surface area contributed by atoms with Crippen molar-refractivity contribution in [1.82, 2.24) is 4.98 Å². The number of H-pyrrole nitrogens is 1. The molecule has 5 heteroatoms. The highest BCUT2D eigenvalue weighted by molar-refractivity contribution is 7.86. The number of halogens is 1. The molecule has 0 bridgehead atoms. The summed E-state index contributed by atoms with van der Waals surface area (Å²) in [5, 5.41) is 0.652. The highest BCUT2D eigenvalue weighted by Gasteiger charge is 2.21. The fourth-order valence-electron chi connectivity index (χ4n) is 1.75. The van der Waals surface area contributed by atoms with Crippen molar-refractivity contribution in [3.05, 3.63) is 24.1 Å². The van der Waals surface area contributed by atoms with Crippen LogP contribution in [-0.4, -0.2) is 21.6 Å². The van der Waals surface area contributed by atoms with Gasteiger partial charge in [-0.3, -0.25) is 4.21 Å². The molecule has 0 aliphatic carbocycles. The summed E-state index contributed by atoms with van der Waals surface area (Å²) in [5.41, 5.74) is 0.632. The molecule has 1 aromatic carbocycles. The molecule has 0 spiro atoms. The van der Waals surface area contributed by atoms with Gasteiger partial charge in [0.2, 0.25) is 0 Å². The van der Waals surface area contributed by atoms with E-state index in [1.165, 1.54) is 13.2 Å². The molecule has 92 valence electrons. The summed E-state index contributed by atoms with van der Waals surface area (Å²) in [7, 11) is 0.0920. The van der Waals surface area contributed by atoms with Gasteiger partial charge < -0.3 is 9.72 Å². The lowest BCUT2D eigenvalue weighted by Crippen LogP contribution is -2.08. The number of fused-ring (bicyclic) bond motifs is 1. The Labute approximate surface area is 101 Å². The van der Waals surface area contributed by atoms with Gasteiger partial charge in [0.25, 0.3) is 0 Å². The Balaban J connectivity index is 2.80. The normalized spacial score (nSPS) is 13.2. The van der Waals surface area contributed by atoms with Crippen molar-refractivity contribution in [2.24, 2.45) is 0 Å². The molecular weight excluding hydrogens is 241 g/mol. The van der Waals surface area contributed by atoms with Crippen LogP contribution in [0.2, 0.25) is 0 Å². The SMILES string of the molecule is COc1c(F)cc2[nH]ccc2c1S(=O)C(C)C. The molecule has 1 atom stereocenters. The van der Waals surface area contributed by atoms with E-state index < -0.39 is 16.6 Å². The van der Waals surface area contributed by atoms with Crippen LogP contribution in [-0.2, 0) is 10.8 Å². The Bertz CT molecular complexity index is 577. The van der Waals surface area contributed by atoms with E-state index in [9.17, 15) is 8.60 Å². The summed E-state index contributed by atoms with van der Waals surface area (Å²) in [6.45, 7) is 3.66. The average molecular weight is 255 g/mol. The zero-order valence-electron chi connectivity index (χ0n) is 9.91. The second kappa shape index (κ2) is 4.49. The topological polar surface area (TPSA) is 42.1 Å². The van der Waals surface area contributed by atoms with E-state index in [2.05, 4.69) is 4.98 Å². The van der Waals surface area contributed by atoms with Crippen LogP contribution < -0.4 is 4.74 Å². The molecule has 0 fully saturated rings. The van der Waals surface area contributed by atoms with Gasteiger partial charge in [-0.05, 0) is 6.07 Å². The van der Waals surface area contributed by atoms with Crippen molar-refractivity contribution in [3.8, 4) is 5.75 Å². The molecule has 17 heavy (non-hydrogen) atoms. The van der Waals surface area contributed by atoms with Crippen LogP contribution in [0, 0.1) is 5.82 Å². The highest BCUT2D eigenvalue weighted by atomic mass is 32.2. The minimum Gasteiger partial charge on any atom is -0.492 e. The molecule has 0 amide bonds. The first-order chi connectivity index (χ1) is 8.06. The molecule has 0 saturated carbocycles. The lowest BCUT2D eigenvalue weighted by Gasteiger charge is -2.12. The van der Waals surface area contributed by atoms with E-state index in [0.717, 1.165) is 5.39 Å². The average Bonchev–Trinajstić information content (AvgIpc) is 2.73. The molecule has 3 nitrogen and oxygen atoms in total. The van der Waals surface area contributed by atoms with E-state index in [-0.39, 0.29) is 11.0 Å². The largest absolute Gasteiger partial charge is 0.492 e. The molecule has 0 aliphatic rings. The van der Waals surface area contributed by atoms with Gasteiger partial charge in [0.15, 0.2) is 11.6 Å². The van der Waals surface area contributed by atoms with Crippen LogP contribution in [0.1, 0.15) is 13.8 Å². The summed E-state index contributed by atoms with van der Waals surface area (Å²) >= 11 is 0. The molecule has 1 heterocycles. The molecule has 0 aliphatic heterocycles. The molecule has 2 aromatic rings. The fraction of sp³-hybridized carbons (Fsp3) is 0.333. The molecule has 1 N–H and O–H groups in total. The van der Waals surface area contributed by atoms with E-state index in [0.29, 0.717) is 10.4 Å². The number of benzene rings is 1. The summed E-state index contributed by atoms with van der Waals surface area (Å²) in [6.07, 6.45) is 1.70. The Hall–Kier alpha value is -1.36. The van der Waals surface area contributed by atoms with Crippen molar-refractivity contribution < 1.29 is 13.3 Å². The van der Waals surface area contributed by atoms with Crippen LogP contribution in [0.15, 0.2) is 23.2 Å². The number of nitrogens with one attached hydrogen (secondary N) is 1. The first kappa shape index (κ1) is 12.1. The zero-order valence-corrected chi connectivity index (χ0v) is 10.7. The number of aromatic nitrogens is 1. The Morgan fingerprint density at radius 2 is 2.18 bits per heavy atom. The minimum absolute atomic E-state index is 0.0733. The Morgan fingerprint density at radius 3 is 2.76 bits per heavy atom. The third kappa shape index (κ3) is 1.95. The zero-order chi connectivity index (χ0) is 12.6. The van der Waals surface area contributed by atoms with E-state index in [4.69, 9.17) is 4.74 Å². The number of hydrogen-bond acceptors (Lipinski definition) is 2. The van der Waals surface area contributed by atoms with Crippen LogP contribution in [0.3, 0.4) is 0 Å². The molecule has 0 saturated heterocycles. The number of ether oxygens (including phenoxy) is 1. The second-order valence-electron chi connectivity index (χ2n) is 4.01. The van der Waals surface area contributed by atoms with Crippen molar-refractivity contribution in [3.63, 3.8) is 0 Å². The van der Waals surface area contributed by atoms with E-state index in [1.54, 1.807) is 12.3 Å². The summed E-state index contributed by atoms with van der Waals surface area (Å²) in [6, 6.07) is 3.14. The Kier molecular flexibility index (Phi) is 3.19. The standard InChI is InChI=1S/C12H14FNO2S/c1-7(2)17(15)12-8-4-5-14-10(8)6-9(13)11(12)16-3/h4-7,14H,1-3H3. The maximum Gasteiger partial charge on any atom is 0.171 e. The minimum atomic E-state index is -1.29. The van der Waals surface area contributed by atoms with Crippen LogP contribution >= 0.6 is 0 Å². The molecule has 1 aromatic heterocycles. The molecule has 2 rings (SSSR count). The van der Waals surface area contributed by atoms with Crippen LogP contribution in [0.25, 0.3) is 10.9 Å². The predicted octanol–water partition coefficient (Wildman–Crippen LogP) is 2.83. The van der Waals surface area contributed by atoms with Gasteiger partial charge >= 0.3 is 0 Å². The lowest BCUT2D eigenvalue weighted by atomic mass is 10.2. The number of hydrogen-bond donors (Lipinski definition) is 1. The number of methoxy groups -OCH3 is 1. The number of aromatic amines is 1. The van der Waals surface area contributed by atoms with Gasteiger partial charge in [0.05, 0.1) is 22.8 Å². The van der Waals surface area contributed by atoms with Crippen molar-refractivity contribution in [1.29, 1.82) is 0 Å². The van der Waals surface area contributed by atoms with Crippen molar-refractivity contribution in [2.75, 3.05) is 7.11 Å². The van der Waals surface area contributed by atoms with Gasteiger partial charge in [0, 0.05) is 28.4 Å². The van der Waals surface area contributed by atoms with Gasteiger partial charge in [-0.25, -0.2) is 4.39 Å². The van der Waals surface area contributed by atoms with Gasteiger partial charge in [-0.15, -0.1) is 0 Å². The van der Waals surface area contributed by atoms with Gasteiger partial charge in [-0.1, -0.05) is 13.8 Å². The summed E-state index contributed by atoms with van der Waals surface area (Å²) in [4.78, 5) is 3.35.